The average Bonchev–Trinajstić information content (AvgIpc) is 3.17. The number of nitrogens with zero attached hydrogens (tertiary/aromatic N) is 2. The molecule has 4 rings (SSSR count). The van der Waals surface area contributed by atoms with Crippen LogP contribution < -0.4 is 21.1 Å². The molecule has 2 N–H and O–H groups in total. The van der Waals surface area contributed by atoms with Gasteiger partial charge >= 0.3 is 6.36 Å². The quantitative estimate of drug-likeness (QED) is 0.812. The van der Waals surface area contributed by atoms with Crippen molar-refractivity contribution < 1.29 is 17.9 Å². The maximum atomic E-state index is 12.8. The highest BCUT2D eigenvalue weighted by Crippen LogP contribution is 2.27. The number of benzene rings is 1. The zero-order valence-corrected chi connectivity index (χ0v) is 16.1. The minimum absolute atomic E-state index is 0.150. The summed E-state index contributed by atoms with van der Waals surface area (Å²) in [5.74, 6) is -0.306. The smallest absolute Gasteiger partial charge is 0.406 e. The summed E-state index contributed by atoms with van der Waals surface area (Å²) in [4.78, 5) is 15.2. The van der Waals surface area contributed by atoms with E-state index >= 15 is 0 Å². The van der Waals surface area contributed by atoms with Crippen LogP contribution in [0.1, 0.15) is 17.7 Å². The fourth-order valence-electron chi connectivity index (χ4n) is 4.07. The lowest BCUT2D eigenvalue weighted by atomic mass is 9.99. The number of hydrogen-bond acceptors (Lipinski definition) is 5. The van der Waals surface area contributed by atoms with Crippen LogP contribution in [0.5, 0.6) is 5.75 Å². The zero-order chi connectivity index (χ0) is 20.6. The first-order valence-corrected chi connectivity index (χ1v) is 9.59. The first-order chi connectivity index (χ1) is 13.8. The Bertz CT molecular complexity index is 934. The SMILES string of the molecule is Cn1c2c(cc(-c3ccc(OC(F)(F)F)cc3)c1=O)CN(CC1CCNN1)CC2. The highest BCUT2D eigenvalue weighted by Gasteiger charge is 2.31. The highest BCUT2D eigenvalue weighted by molar-refractivity contribution is 5.64. The van der Waals surface area contributed by atoms with E-state index in [1.165, 1.54) is 24.3 Å². The van der Waals surface area contributed by atoms with Crippen LogP contribution in [0.15, 0.2) is 35.1 Å². The second-order valence-electron chi connectivity index (χ2n) is 7.51. The van der Waals surface area contributed by atoms with Crippen molar-refractivity contribution in [1.82, 2.24) is 20.3 Å². The summed E-state index contributed by atoms with van der Waals surface area (Å²) in [5.41, 5.74) is 9.41. The molecular weight excluding hydrogens is 385 g/mol. The third-order valence-electron chi connectivity index (χ3n) is 5.49. The Morgan fingerprint density at radius 2 is 2.00 bits per heavy atom. The molecule has 1 aromatic heterocycles. The lowest BCUT2D eigenvalue weighted by molar-refractivity contribution is -0.274. The summed E-state index contributed by atoms with van der Waals surface area (Å²) < 4.78 is 42.7. The molecule has 156 valence electrons. The number of ether oxygens (including phenoxy) is 1. The molecule has 1 saturated heterocycles. The van der Waals surface area contributed by atoms with Gasteiger partial charge in [-0.15, -0.1) is 13.2 Å². The normalized spacial score (nSPS) is 19.9. The maximum Gasteiger partial charge on any atom is 0.573 e. The first-order valence-electron chi connectivity index (χ1n) is 9.59. The summed E-state index contributed by atoms with van der Waals surface area (Å²) in [7, 11) is 1.75. The molecule has 0 amide bonds. The van der Waals surface area contributed by atoms with E-state index in [1.54, 1.807) is 11.6 Å². The lowest BCUT2D eigenvalue weighted by Gasteiger charge is -2.32. The molecule has 0 radical (unpaired) electrons. The summed E-state index contributed by atoms with van der Waals surface area (Å²) in [5, 5.41) is 0. The summed E-state index contributed by atoms with van der Waals surface area (Å²) in [6.45, 7) is 3.51. The molecule has 2 aliphatic rings. The van der Waals surface area contributed by atoms with Gasteiger partial charge in [0, 0.05) is 56.9 Å². The van der Waals surface area contributed by atoms with Crippen LogP contribution in [-0.2, 0) is 20.0 Å². The van der Waals surface area contributed by atoms with E-state index in [2.05, 4.69) is 20.5 Å². The molecule has 1 unspecified atom stereocenters. The van der Waals surface area contributed by atoms with Gasteiger partial charge in [0.15, 0.2) is 0 Å². The van der Waals surface area contributed by atoms with Crippen LogP contribution in [0, 0.1) is 0 Å². The zero-order valence-electron chi connectivity index (χ0n) is 16.1. The number of halogens is 3. The summed E-state index contributed by atoms with van der Waals surface area (Å²) >= 11 is 0. The van der Waals surface area contributed by atoms with E-state index in [-0.39, 0.29) is 11.3 Å². The van der Waals surface area contributed by atoms with Crippen LogP contribution >= 0.6 is 0 Å². The van der Waals surface area contributed by atoms with Crippen molar-refractivity contribution >= 4 is 0 Å². The monoisotopic (exact) mass is 408 g/mol. The number of fused-ring (bicyclic) bond motifs is 1. The second-order valence-corrected chi connectivity index (χ2v) is 7.51. The second kappa shape index (κ2) is 7.81. The van der Waals surface area contributed by atoms with Crippen molar-refractivity contribution in [3.63, 3.8) is 0 Å². The van der Waals surface area contributed by atoms with Crippen LogP contribution in [0.3, 0.4) is 0 Å². The lowest BCUT2D eigenvalue weighted by Crippen LogP contribution is -2.43. The number of alkyl halides is 3. The topological polar surface area (TPSA) is 58.5 Å². The van der Waals surface area contributed by atoms with E-state index in [9.17, 15) is 18.0 Å². The molecular formula is C20H23F3N4O2. The van der Waals surface area contributed by atoms with E-state index in [4.69, 9.17) is 0 Å². The van der Waals surface area contributed by atoms with Gasteiger partial charge in [-0.2, -0.15) is 0 Å². The average molecular weight is 408 g/mol. The maximum absolute atomic E-state index is 12.8. The Labute approximate surface area is 166 Å². The molecule has 2 aromatic rings. The van der Waals surface area contributed by atoms with E-state index in [1.807, 2.05) is 6.07 Å². The molecule has 1 aromatic carbocycles. The summed E-state index contributed by atoms with van der Waals surface area (Å²) in [6.07, 6.45) is -2.87. The number of hydrogen-bond donors (Lipinski definition) is 2. The third kappa shape index (κ3) is 4.47. The fourth-order valence-corrected chi connectivity index (χ4v) is 4.07. The number of nitrogens with one attached hydrogen (secondary N) is 2. The van der Waals surface area contributed by atoms with Gasteiger partial charge in [-0.25, -0.2) is 0 Å². The number of pyridine rings is 1. The molecule has 1 fully saturated rings. The predicted octanol–water partition coefficient (Wildman–Crippen LogP) is 2.18. The minimum Gasteiger partial charge on any atom is -0.406 e. The molecule has 0 saturated carbocycles. The first kappa shape index (κ1) is 19.9. The van der Waals surface area contributed by atoms with E-state index in [0.717, 1.165) is 50.3 Å². The van der Waals surface area contributed by atoms with E-state index < -0.39 is 6.36 Å². The Kier molecular flexibility index (Phi) is 5.37. The molecule has 2 aliphatic heterocycles. The fraction of sp³-hybridized carbons (Fsp3) is 0.450. The standard InChI is InChI=1S/C20H23F3N4O2/c1-26-18-7-9-27(12-15-6-8-24-25-15)11-14(18)10-17(19(26)28)13-2-4-16(5-3-13)29-20(21,22)23/h2-5,10,15,24-25H,6-9,11-12H2,1H3. The van der Waals surface area contributed by atoms with Gasteiger partial charge in [0.05, 0.1) is 0 Å². The van der Waals surface area contributed by atoms with Crippen molar-refractivity contribution in [2.75, 3.05) is 19.6 Å². The van der Waals surface area contributed by atoms with Crippen molar-refractivity contribution in [3.05, 3.63) is 51.9 Å². The van der Waals surface area contributed by atoms with Gasteiger partial charge in [-0.3, -0.25) is 20.5 Å². The Hall–Kier alpha value is -2.36. The van der Waals surface area contributed by atoms with Crippen LogP contribution in [-0.4, -0.2) is 41.5 Å². The van der Waals surface area contributed by atoms with Crippen molar-refractivity contribution in [3.8, 4) is 16.9 Å². The molecule has 3 heterocycles. The largest absolute Gasteiger partial charge is 0.573 e. The molecule has 0 aliphatic carbocycles. The van der Waals surface area contributed by atoms with Gasteiger partial charge in [-0.1, -0.05) is 12.1 Å². The Morgan fingerprint density at radius 3 is 2.66 bits per heavy atom. The molecule has 1 atom stereocenters. The Balaban J connectivity index is 1.59. The molecule has 9 heteroatoms. The van der Waals surface area contributed by atoms with Crippen LogP contribution in [0.2, 0.25) is 0 Å². The van der Waals surface area contributed by atoms with Gasteiger partial charge < -0.3 is 9.30 Å². The van der Waals surface area contributed by atoms with Gasteiger partial charge in [0.1, 0.15) is 5.75 Å². The molecule has 6 nitrogen and oxygen atoms in total. The number of rotatable bonds is 4. The third-order valence-corrected chi connectivity index (χ3v) is 5.49. The van der Waals surface area contributed by atoms with Crippen molar-refractivity contribution in [2.24, 2.45) is 7.05 Å². The minimum atomic E-state index is -4.74. The van der Waals surface area contributed by atoms with Gasteiger partial charge in [0.25, 0.3) is 5.56 Å². The number of aromatic nitrogens is 1. The Morgan fingerprint density at radius 1 is 1.24 bits per heavy atom. The van der Waals surface area contributed by atoms with Crippen LogP contribution in [0.25, 0.3) is 11.1 Å². The van der Waals surface area contributed by atoms with Crippen molar-refractivity contribution in [1.29, 1.82) is 0 Å². The highest BCUT2D eigenvalue weighted by atomic mass is 19.4. The van der Waals surface area contributed by atoms with Crippen molar-refractivity contribution in [2.45, 2.75) is 31.8 Å². The molecule has 29 heavy (non-hydrogen) atoms. The van der Waals surface area contributed by atoms with Gasteiger partial charge in [0.2, 0.25) is 0 Å². The molecule has 0 bridgehead atoms. The van der Waals surface area contributed by atoms with Gasteiger partial charge in [-0.05, 0) is 35.7 Å². The van der Waals surface area contributed by atoms with E-state index in [0.29, 0.717) is 17.2 Å². The number of hydrazine groups is 1. The molecule has 0 spiro atoms. The summed E-state index contributed by atoms with van der Waals surface area (Å²) in [6, 6.07) is 7.71. The predicted molar refractivity (Wildman–Crippen MR) is 102 cm³/mol. The van der Waals surface area contributed by atoms with Crippen LogP contribution in [0.4, 0.5) is 13.2 Å².